The molecule has 0 atom stereocenters. The molecule has 1 rings (SSSR count). The molecule has 0 aliphatic carbocycles. The number of ether oxygens (including phenoxy) is 1. The van der Waals surface area contributed by atoms with Gasteiger partial charge in [0.25, 0.3) is 0 Å². The van der Waals surface area contributed by atoms with Crippen LogP contribution in [0.3, 0.4) is 0 Å². The van der Waals surface area contributed by atoms with E-state index in [9.17, 15) is 0 Å². The van der Waals surface area contributed by atoms with Crippen molar-refractivity contribution in [1.29, 1.82) is 0 Å². The average Bonchev–Trinajstić information content (AvgIpc) is 2.29. The smallest absolute Gasteiger partial charge is 0.129 e. The molecule has 0 amide bonds. The fourth-order valence-electron chi connectivity index (χ4n) is 1.53. The summed E-state index contributed by atoms with van der Waals surface area (Å²) >= 11 is 5.82. The monoisotopic (exact) mass is 242 g/mol. The molecule has 4 heteroatoms. The van der Waals surface area contributed by atoms with Crippen molar-refractivity contribution in [3.8, 4) is 0 Å². The van der Waals surface area contributed by atoms with Crippen LogP contribution in [0.1, 0.15) is 19.4 Å². The van der Waals surface area contributed by atoms with Gasteiger partial charge >= 0.3 is 0 Å². The minimum absolute atomic E-state index is 0.397. The molecule has 1 aromatic heterocycles. The van der Waals surface area contributed by atoms with Gasteiger partial charge in [0.1, 0.15) is 5.82 Å². The van der Waals surface area contributed by atoms with Crippen molar-refractivity contribution in [2.45, 2.75) is 25.8 Å². The van der Waals surface area contributed by atoms with Crippen LogP contribution in [0.4, 0.5) is 5.82 Å². The van der Waals surface area contributed by atoms with E-state index in [0.717, 1.165) is 17.9 Å². The van der Waals surface area contributed by atoms with Gasteiger partial charge in [-0.25, -0.2) is 4.98 Å². The lowest BCUT2D eigenvalue weighted by atomic mass is 10.2. The number of rotatable bonds is 6. The van der Waals surface area contributed by atoms with Gasteiger partial charge in [0.2, 0.25) is 0 Å². The zero-order valence-corrected chi connectivity index (χ0v) is 10.9. The van der Waals surface area contributed by atoms with Gasteiger partial charge in [-0.05, 0) is 31.5 Å². The van der Waals surface area contributed by atoms with Gasteiger partial charge in [-0.2, -0.15) is 0 Å². The van der Waals surface area contributed by atoms with Gasteiger partial charge in [0, 0.05) is 31.8 Å². The minimum atomic E-state index is 0.397. The van der Waals surface area contributed by atoms with Crippen LogP contribution in [0.2, 0.25) is 0 Å². The van der Waals surface area contributed by atoms with Crippen molar-refractivity contribution in [1.82, 2.24) is 4.98 Å². The topological polar surface area (TPSA) is 25.4 Å². The second-order valence-corrected chi connectivity index (χ2v) is 4.20. The van der Waals surface area contributed by atoms with Crippen molar-refractivity contribution in [3.05, 3.63) is 23.9 Å². The Hall–Kier alpha value is -0.800. The summed E-state index contributed by atoms with van der Waals surface area (Å²) in [5.41, 5.74) is 1.09. The maximum atomic E-state index is 5.82. The highest BCUT2D eigenvalue weighted by Gasteiger charge is 2.11. The first kappa shape index (κ1) is 13.3. The fourth-order valence-corrected chi connectivity index (χ4v) is 1.69. The Balaban J connectivity index is 2.82. The van der Waals surface area contributed by atoms with Crippen LogP contribution in [0.15, 0.2) is 18.3 Å². The second-order valence-electron chi connectivity index (χ2n) is 3.94. The van der Waals surface area contributed by atoms with Crippen LogP contribution in [0.5, 0.6) is 0 Å². The number of alkyl halides is 1. The van der Waals surface area contributed by atoms with Crippen LogP contribution in [0, 0.1) is 0 Å². The summed E-state index contributed by atoms with van der Waals surface area (Å²) in [5, 5.41) is 0. The summed E-state index contributed by atoms with van der Waals surface area (Å²) in [6.45, 7) is 5.83. The molecule has 0 N–H and O–H groups in total. The standard InChI is InChI=1S/C12H19ClN2O/c1-10(2)15(6-7-16-3)12-8-11(9-13)4-5-14-12/h4-5,8,10H,6-7,9H2,1-3H3. The van der Waals surface area contributed by atoms with Crippen LogP contribution in [0.25, 0.3) is 0 Å². The molecule has 0 saturated carbocycles. The Bertz CT molecular complexity index is 318. The molecule has 0 radical (unpaired) electrons. The third-order valence-electron chi connectivity index (χ3n) is 2.42. The van der Waals surface area contributed by atoms with Gasteiger partial charge < -0.3 is 9.64 Å². The summed E-state index contributed by atoms with van der Waals surface area (Å²) in [7, 11) is 1.71. The van der Waals surface area contributed by atoms with E-state index in [1.165, 1.54) is 0 Å². The molecule has 90 valence electrons. The molecule has 0 unspecified atom stereocenters. The predicted octanol–water partition coefficient (Wildman–Crippen LogP) is 2.68. The highest BCUT2D eigenvalue weighted by atomic mass is 35.5. The van der Waals surface area contributed by atoms with Crippen molar-refractivity contribution in [2.75, 3.05) is 25.2 Å². The second kappa shape index (κ2) is 6.71. The average molecular weight is 243 g/mol. The van der Waals surface area contributed by atoms with E-state index in [0.29, 0.717) is 18.5 Å². The predicted molar refractivity (Wildman–Crippen MR) is 68.2 cm³/mol. The molecule has 0 aliphatic rings. The van der Waals surface area contributed by atoms with Gasteiger partial charge in [-0.15, -0.1) is 11.6 Å². The largest absolute Gasteiger partial charge is 0.383 e. The molecule has 0 bridgehead atoms. The highest BCUT2D eigenvalue weighted by molar-refractivity contribution is 6.17. The first-order chi connectivity index (χ1) is 7.69. The van der Waals surface area contributed by atoms with Crippen molar-refractivity contribution >= 4 is 17.4 Å². The zero-order valence-electron chi connectivity index (χ0n) is 10.1. The Morgan fingerprint density at radius 2 is 2.25 bits per heavy atom. The van der Waals surface area contributed by atoms with Gasteiger partial charge in [0.15, 0.2) is 0 Å². The fraction of sp³-hybridized carbons (Fsp3) is 0.583. The molecule has 0 fully saturated rings. The van der Waals surface area contributed by atoms with Crippen LogP contribution in [-0.4, -0.2) is 31.3 Å². The molecule has 1 aromatic rings. The van der Waals surface area contributed by atoms with Crippen LogP contribution in [-0.2, 0) is 10.6 Å². The van der Waals surface area contributed by atoms with Crippen LogP contribution < -0.4 is 4.90 Å². The summed E-state index contributed by atoms with van der Waals surface area (Å²) in [6.07, 6.45) is 1.80. The number of hydrogen-bond donors (Lipinski definition) is 0. The summed E-state index contributed by atoms with van der Waals surface area (Å²) in [5.74, 6) is 1.48. The number of halogens is 1. The van der Waals surface area contributed by atoms with E-state index in [2.05, 4.69) is 23.7 Å². The van der Waals surface area contributed by atoms with E-state index in [4.69, 9.17) is 16.3 Å². The molecule has 1 heterocycles. The third kappa shape index (κ3) is 3.65. The summed E-state index contributed by atoms with van der Waals surface area (Å²) in [6, 6.07) is 4.36. The molecular formula is C12H19ClN2O. The SMILES string of the molecule is COCCN(c1cc(CCl)ccn1)C(C)C. The lowest BCUT2D eigenvalue weighted by Crippen LogP contribution is -2.34. The number of hydrogen-bond acceptors (Lipinski definition) is 3. The van der Waals surface area contributed by atoms with E-state index in [-0.39, 0.29) is 0 Å². The first-order valence-electron chi connectivity index (χ1n) is 5.45. The number of nitrogens with zero attached hydrogens (tertiary/aromatic N) is 2. The van der Waals surface area contributed by atoms with Gasteiger partial charge in [-0.1, -0.05) is 0 Å². The molecular weight excluding hydrogens is 224 g/mol. The van der Waals surface area contributed by atoms with Crippen molar-refractivity contribution < 1.29 is 4.74 Å². The molecule has 16 heavy (non-hydrogen) atoms. The molecule has 3 nitrogen and oxygen atoms in total. The van der Waals surface area contributed by atoms with E-state index >= 15 is 0 Å². The number of pyridine rings is 1. The van der Waals surface area contributed by atoms with Gasteiger partial charge in [0.05, 0.1) is 6.61 Å². The molecule has 0 aliphatic heterocycles. The first-order valence-corrected chi connectivity index (χ1v) is 5.99. The maximum Gasteiger partial charge on any atom is 0.129 e. The van der Waals surface area contributed by atoms with E-state index in [1.807, 2.05) is 12.1 Å². The van der Waals surface area contributed by atoms with E-state index < -0.39 is 0 Å². The third-order valence-corrected chi connectivity index (χ3v) is 2.73. The Morgan fingerprint density at radius 3 is 2.81 bits per heavy atom. The Labute approximate surface area is 102 Å². The Kier molecular flexibility index (Phi) is 5.56. The molecule has 0 saturated heterocycles. The number of methoxy groups -OCH3 is 1. The lowest BCUT2D eigenvalue weighted by Gasteiger charge is -2.27. The maximum absolute atomic E-state index is 5.82. The summed E-state index contributed by atoms with van der Waals surface area (Å²) in [4.78, 5) is 6.58. The van der Waals surface area contributed by atoms with E-state index in [1.54, 1.807) is 13.3 Å². The summed E-state index contributed by atoms with van der Waals surface area (Å²) < 4.78 is 5.11. The highest BCUT2D eigenvalue weighted by Crippen LogP contribution is 2.16. The number of aromatic nitrogens is 1. The normalized spacial score (nSPS) is 10.8. The van der Waals surface area contributed by atoms with Gasteiger partial charge in [-0.3, -0.25) is 0 Å². The molecule has 0 spiro atoms. The number of anilines is 1. The van der Waals surface area contributed by atoms with Crippen LogP contribution >= 0.6 is 11.6 Å². The minimum Gasteiger partial charge on any atom is -0.383 e. The van der Waals surface area contributed by atoms with Crippen molar-refractivity contribution in [3.63, 3.8) is 0 Å². The zero-order chi connectivity index (χ0) is 12.0. The Morgan fingerprint density at radius 1 is 1.50 bits per heavy atom. The molecule has 0 aromatic carbocycles. The quantitative estimate of drug-likeness (QED) is 0.718. The van der Waals surface area contributed by atoms with Crippen molar-refractivity contribution in [2.24, 2.45) is 0 Å². The lowest BCUT2D eigenvalue weighted by molar-refractivity contribution is 0.203.